The fourth-order valence-electron chi connectivity index (χ4n) is 2.16. The Hall–Kier alpha value is -2.97. The van der Waals surface area contributed by atoms with Gasteiger partial charge in [0.1, 0.15) is 0 Å². The van der Waals surface area contributed by atoms with Gasteiger partial charge in [-0.15, -0.1) is 0 Å². The number of nitro benzene ring substituents is 1. The van der Waals surface area contributed by atoms with Crippen LogP contribution in [0.4, 0.5) is 5.69 Å². The maximum absolute atomic E-state index is 12.2. The van der Waals surface area contributed by atoms with Gasteiger partial charge in [-0.05, 0) is 25.8 Å². The number of hydrogen-bond donors (Lipinski definition) is 1. The Bertz CT molecular complexity index is 673. The molecule has 0 aromatic heterocycles. The smallest absolute Gasteiger partial charge is 0.338 e. The Balaban J connectivity index is 2.65. The van der Waals surface area contributed by atoms with Crippen LogP contribution in [0.25, 0.3) is 0 Å². The van der Waals surface area contributed by atoms with Gasteiger partial charge in [-0.1, -0.05) is 6.42 Å². The van der Waals surface area contributed by atoms with Gasteiger partial charge in [-0.3, -0.25) is 19.7 Å². The number of hydrogen-bond acceptors (Lipinski definition) is 7. The third-order valence-corrected chi connectivity index (χ3v) is 3.47. The molecular weight excluding hydrogens is 344 g/mol. The van der Waals surface area contributed by atoms with Crippen LogP contribution in [-0.2, 0) is 14.3 Å². The van der Waals surface area contributed by atoms with Gasteiger partial charge in [0.15, 0.2) is 0 Å². The minimum absolute atomic E-state index is 0.0109. The Morgan fingerprint density at radius 1 is 1.12 bits per heavy atom. The molecule has 1 aromatic rings. The predicted octanol–water partition coefficient (Wildman–Crippen LogP) is 2.23. The molecule has 0 atom stereocenters. The minimum Gasteiger partial charge on any atom is -0.469 e. The molecule has 0 saturated carbocycles. The molecule has 0 heterocycles. The predicted molar refractivity (Wildman–Crippen MR) is 91.9 cm³/mol. The van der Waals surface area contributed by atoms with E-state index in [9.17, 15) is 24.5 Å². The first kappa shape index (κ1) is 21.1. The van der Waals surface area contributed by atoms with E-state index in [1.807, 2.05) is 0 Å². The normalized spacial score (nSPS) is 10.1. The molecule has 1 aromatic carbocycles. The second kappa shape index (κ2) is 10.8. The molecule has 1 amide bonds. The summed E-state index contributed by atoms with van der Waals surface area (Å²) >= 11 is 0. The largest absolute Gasteiger partial charge is 0.469 e. The number of carbonyl (C=O) groups is 3. The summed E-state index contributed by atoms with van der Waals surface area (Å²) in [5.74, 6) is -1.53. The van der Waals surface area contributed by atoms with Crippen molar-refractivity contribution in [3.63, 3.8) is 0 Å². The molecule has 9 nitrogen and oxygen atoms in total. The monoisotopic (exact) mass is 366 g/mol. The van der Waals surface area contributed by atoms with E-state index in [0.29, 0.717) is 25.8 Å². The van der Waals surface area contributed by atoms with Crippen LogP contribution in [-0.4, -0.2) is 43.0 Å². The number of nitrogens with zero attached hydrogens (tertiary/aromatic N) is 1. The van der Waals surface area contributed by atoms with Crippen molar-refractivity contribution in [3.8, 4) is 0 Å². The third-order valence-electron chi connectivity index (χ3n) is 3.47. The summed E-state index contributed by atoms with van der Waals surface area (Å²) in [4.78, 5) is 45.3. The van der Waals surface area contributed by atoms with Crippen molar-refractivity contribution in [3.05, 3.63) is 39.4 Å². The van der Waals surface area contributed by atoms with Crippen molar-refractivity contribution in [1.82, 2.24) is 5.32 Å². The summed E-state index contributed by atoms with van der Waals surface area (Å²) in [6, 6.07) is 3.44. The summed E-state index contributed by atoms with van der Waals surface area (Å²) in [6.45, 7) is 2.08. The first-order valence-corrected chi connectivity index (χ1v) is 8.20. The molecule has 0 fully saturated rings. The highest BCUT2D eigenvalue weighted by molar-refractivity contribution is 5.99. The van der Waals surface area contributed by atoms with Crippen LogP contribution in [0.2, 0.25) is 0 Å². The molecule has 0 bridgehead atoms. The number of esters is 2. The van der Waals surface area contributed by atoms with Gasteiger partial charge in [0.25, 0.3) is 11.6 Å². The Kier molecular flexibility index (Phi) is 8.76. The lowest BCUT2D eigenvalue weighted by atomic mass is 10.1. The molecule has 0 spiro atoms. The summed E-state index contributed by atoms with van der Waals surface area (Å²) in [5.41, 5.74) is -0.403. The van der Waals surface area contributed by atoms with Crippen molar-refractivity contribution < 1.29 is 28.8 Å². The lowest BCUT2D eigenvalue weighted by Gasteiger charge is -2.07. The van der Waals surface area contributed by atoms with E-state index in [0.717, 1.165) is 18.6 Å². The number of carbonyl (C=O) groups excluding carboxylic acids is 3. The highest BCUT2D eigenvalue weighted by atomic mass is 16.6. The average Bonchev–Trinajstić information content (AvgIpc) is 2.63. The molecule has 26 heavy (non-hydrogen) atoms. The minimum atomic E-state index is -0.729. The number of nitrogens with one attached hydrogen (secondary N) is 1. The first-order chi connectivity index (χ1) is 12.4. The van der Waals surface area contributed by atoms with Crippen LogP contribution in [0.5, 0.6) is 0 Å². The van der Waals surface area contributed by atoms with Crippen molar-refractivity contribution in [2.24, 2.45) is 0 Å². The fraction of sp³-hybridized carbons (Fsp3) is 0.471. The van der Waals surface area contributed by atoms with E-state index in [2.05, 4.69) is 10.1 Å². The van der Waals surface area contributed by atoms with Gasteiger partial charge >= 0.3 is 11.9 Å². The molecule has 0 aliphatic heterocycles. The zero-order valence-electron chi connectivity index (χ0n) is 14.8. The SMILES string of the molecule is CCOC(=O)c1cc(C(=O)NCCCCCC(=O)OC)cc([N+](=O)[O-])c1. The third kappa shape index (κ3) is 6.88. The van der Waals surface area contributed by atoms with Crippen molar-refractivity contribution in [2.75, 3.05) is 20.3 Å². The van der Waals surface area contributed by atoms with Crippen LogP contribution in [0.3, 0.4) is 0 Å². The van der Waals surface area contributed by atoms with E-state index in [4.69, 9.17) is 4.74 Å². The van der Waals surface area contributed by atoms with Crippen molar-refractivity contribution in [2.45, 2.75) is 32.6 Å². The van der Waals surface area contributed by atoms with E-state index >= 15 is 0 Å². The molecule has 1 N–H and O–H groups in total. The van der Waals surface area contributed by atoms with Crippen LogP contribution in [0.15, 0.2) is 18.2 Å². The maximum atomic E-state index is 12.2. The van der Waals surface area contributed by atoms with Crippen LogP contribution in [0, 0.1) is 10.1 Å². The lowest BCUT2D eigenvalue weighted by molar-refractivity contribution is -0.384. The van der Waals surface area contributed by atoms with E-state index < -0.39 is 16.8 Å². The molecular formula is C17H22N2O7. The molecule has 0 radical (unpaired) electrons. The van der Waals surface area contributed by atoms with Gasteiger partial charge in [0.2, 0.25) is 0 Å². The number of amides is 1. The van der Waals surface area contributed by atoms with Crippen molar-refractivity contribution >= 4 is 23.5 Å². The number of benzene rings is 1. The second-order valence-electron chi connectivity index (χ2n) is 5.39. The Morgan fingerprint density at radius 2 is 1.81 bits per heavy atom. The summed E-state index contributed by atoms with van der Waals surface area (Å²) < 4.78 is 9.35. The van der Waals surface area contributed by atoms with E-state index in [1.54, 1.807) is 6.92 Å². The number of non-ortho nitro benzene ring substituents is 1. The number of nitro groups is 1. The van der Waals surface area contributed by atoms with E-state index in [1.165, 1.54) is 13.2 Å². The molecule has 0 unspecified atom stereocenters. The Morgan fingerprint density at radius 3 is 2.42 bits per heavy atom. The zero-order chi connectivity index (χ0) is 19.5. The number of unbranched alkanes of at least 4 members (excludes halogenated alkanes) is 2. The van der Waals surface area contributed by atoms with Gasteiger partial charge in [0.05, 0.1) is 24.2 Å². The summed E-state index contributed by atoms with van der Waals surface area (Å²) in [5, 5.41) is 13.6. The fourth-order valence-corrected chi connectivity index (χ4v) is 2.16. The highest BCUT2D eigenvalue weighted by Gasteiger charge is 2.18. The van der Waals surface area contributed by atoms with Gasteiger partial charge in [-0.25, -0.2) is 4.79 Å². The molecule has 9 heteroatoms. The van der Waals surface area contributed by atoms with Crippen molar-refractivity contribution in [1.29, 1.82) is 0 Å². The number of rotatable bonds is 10. The zero-order valence-corrected chi connectivity index (χ0v) is 14.8. The Labute approximate surface area is 150 Å². The molecule has 0 aliphatic carbocycles. The van der Waals surface area contributed by atoms with Crippen LogP contribution in [0.1, 0.15) is 53.3 Å². The summed E-state index contributed by atoms with van der Waals surface area (Å²) in [7, 11) is 1.33. The van der Waals surface area contributed by atoms with Crippen LogP contribution >= 0.6 is 0 Å². The van der Waals surface area contributed by atoms with Gasteiger partial charge in [-0.2, -0.15) is 0 Å². The second-order valence-corrected chi connectivity index (χ2v) is 5.39. The number of ether oxygens (including phenoxy) is 2. The topological polar surface area (TPSA) is 125 Å². The summed E-state index contributed by atoms with van der Waals surface area (Å²) in [6.07, 6.45) is 2.32. The van der Waals surface area contributed by atoms with Gasteiger partial charge in [0, 0.05) is 30.7 Å². The maximum Gasteiger partial charge on any atom is 0.338 e. The molecule has 142 valence electrons. The van der Waals surface area contributed by atoms with Gasteiger partial charge < -0.3 is 14.8 Å². The standard InChI is InChI=1S/C17H22N2O7/c1-3-26-17(22)13-9-12(10-14(11-13)19(23)24)16(21)18-8-6-4-5-7-15(20)25-2/h9-11H,3-8H2,1-2H3,(H,18,21). The van der Waals surface area contributed by atoms with Crippen LogP contribution < -0.4 is 5.32 Å². The highest BCUT2D eigenvalue weighted by Crippen LogP contribution is 2.18. The first-order valence-electron chi connectivity index (χ1n) is 8.20. The quantitative estimate of drug-likeness (QED) is 0.291. The lowest BCUT2D eigenvalue weighted by Crippen LogP contribution is -2.25. The average molecular weight is 366 g/mol. The molecule has 0 aliphatic rings. The molecule has 0 saturated heterocycles. The molecule has 1 rings (SSSR count). The van der Waals surface area contributed by atoms with E-state index in [-0.39, 0.29) is 29.4 Å². The number of methoxy groups -OCH3 is 1.